The van der Waals surface area contributed by atoms with Crippen molar-refractivity contribution < 1.29 is 18.3 Å². The van der Waals surface area contributed by atoms with Crippen molar-refractivity contribution in [2.45, 2.75) is 52.4 Å². The predicted octanol–water partition coefficient (Wildman–Crippen LogP) is 6.83. The Labute approximate surface area is 217 Å². The first-order chi connectivity index (χ1) is 17.7. The molecule has 0 aliphatic carbocycles. The molecule has 37 heavy (non-hydrogen) atoms. The van der Waals surface area contributed by atoms with Crippen molar-refractivity contribution >= 4 is 16.9 Å². The molecule has 194 valence electrons. The molecule has 2 atom stereocenters. The van der Waals surface area contributed by atoms with Crippen LogP contribution in [0.2, 0.25) is 0 Å². The standard InChI is InChI=1S/C30H33F2N3O2/c1-20-15-35(27-11-9-26(10-12-27)34-16-21(2)37-22(3)17-34)19-36-18-24-13-14-33-29(28(20)24)23-5-7-25(8-6-23)30(4,31)32/h5-15,21-22H,16-19H2,1-4H3/b20-15-/t21-,22+. The third kappa shape index (κ3) is 5.53. The van der Waals surface area contributed by atoms with E-state index in [0.717, 1.165) is 53.7 Å². The zero-order valence-corrected chi connectivity index (χ0v) is 21.7. The molecule has 3 aromatic rings. The lowest BCUT2D eigenvalue weighted by atomic mass is 9.95. The van der Waals surface area contributed by atoms with Gasteiger partial charge in [-0.2, -0.15) is 0 Å². The monoisotopic (exact) mass is 505 g/mol. The number of halogens is 2. The molecular formula is C30H33F2N3O2. The largest absolute Gasteiger partial charge is 0.372 e. The van der Waals surface area contributed by atoms with Crippen molar-refractivity contribution in [1.82, 2.24) is 4.98 Å². The van der Waals surface area contributed by atoms with Crippen molar-refractivity contribution in [3.63, 3.8) is 0 Å². The Morgan fingerprint density at radius 2 is 1.57 bits per heavy atom. The molecule has 0 amide bonds. The van der Waals surface area contributed by atoms with Gasteiger partial charge in [0.1, 0.15) is 6.73 Å². The molecule has 7 heteroatoms. The van der Waals surface area contributed by atoms with Crippen LogP contribution in [0.5, 0.6) is 0 Å². The Balaban J connectivity index is 1.44. The first-order valence-corrected chi connectivity index (χ1v) is 12.7. The van der Waals surface area contributed by atoms with E-state index < -0.39 is 5.92 Å². The van der Waals surface area contributed by atoms with E-state index in [2.05, 4.69) is 66.0 Å². The lowest BCUT2D eigenvalue weighted by molar-refractivity contribution is -0.00522. The maximum atomic E-state index is 13.7. The van der Waals surface area contributed by atoms with Gasteiger partial charge in [-0.15, -0.1) is 0 Å². The summed E-state index contributed by atoms with van der Waals surface area (Å²) in [4.78, 5) is 9.08. The minimum atomic E-state index is -2.88. The topological polar surface area (TPSA) is 37.8 Å². The summed E-state index contributed by atoms with van der Waals surface area (Å²) < 4.78 is 39.4. The summed E-state index contributed by atoms with van der Waals surface area (Å²) >= 11 is 0. The Morgan fingerprint density at radius 1 is 0.919 bits per heavy atom. The molecule has 2 aliphatic heterocycles. The van der Waals surface area contributed by atoms with Crippen LogP contribution in [0.1, 0.15) is 44.4 Å². The van der Waals surface area contributed by atoms with Crippen molar-refractivity contribution in [3.8, 4) is 11.3 Å². The van der Waals surface area contributed by atoms with Crippen LogP contribution in [0.15, 0.2) is 67.0 Å². The third-order valence-electron chi connectivity index (χ3n) is 6.90. The molecule has 2 aromatic carbocycles. The molecule has 5 nitrogen and oxygen atoms in total. The molecular weight excluding hydrogens is 472 g/mol. The number of rotatable bonds is 4. The number of nitrogens with zero attached hydrogens (tertiary/aromatic N) is 3. The normalized spacial score (nSPS) is 22.1. The van der Waals surface area contributed by atoms with Gasteiger partial charge in [-0.05, 0) is 62.2 Å². The van der Waals surface area contributed by atoms with Gasteiger partial charge in [-0.1, -0.05) is 24.3 Å². The zero-order valence-electron chi connectivity index (χ0n) is 21.7. The second-order valence-corrected chi connectivity index (χ2v) is 10.1. The fourth-order valence-electron chi connectivity index (χ4n) is 5.18. The van der Waals surface area contributed by atoms with Crippen LogP contribution in [-0.4, -0.2) is 37.0 Å². The number of fused-ring (bicyclic) bond motifs is 1. The van der Waals surface area contributed by atoms with Crippen molar-refractivity contribution in [2.24, 2.45) is 0 Å². The van der Waals surface area contributed by atoms with Gasteiger partial charge >= 0.3 is 0 Å². The van der Waals surface area contributed by atoms with E-state index in [0.29, 0.717) is 13.3 Å². The number of hydrogen-bond acceptors (Lipinski definition) is 5. The zero-order chi connectivity index (χ0) is 26.2. The van der Waals surface area contributed by atoms with Gasteiger partial charge < -0.3 is 19.3 Å². The van der Waals surface area contributed by atoms with Crippen LogP contribution in [0, 0.1) is 0 Å². The highest BCUT2D eigenvalue weighted by Crippen LogP contribution is 2.35. The smallest absolute Gasteiger partial charge is 0.270 e. The predicted molar refractivity (Wildman–Crippen MR) is 144 cm³/mol. The first kappa shape index (κ1) is 25.4. The summed E-state index contributed by atoms with van der Waals surface area (Å²) in [6.07, 6.45) is 4.23. The molecule has 0 unspecified atom stereocenters. The number of hydrogen-bond donors (Lipinski definition) is 0. The van der Waals surface area contributed by atoms with Crippen LogP contribution in [0.25, 0.3) is 16.8 Å². The Hall–Kier alpha value is -3.29. The van der Waals surface area contributed by atoms with Gasteiger partial charge in [-0.25, -0.2) is 8.78 Å². The van der Waals surface area contributed by atoms with Gasteiger partial charge in [0.15, 0.2) is 0 Å². The highest BCUT2D eigenvalue weighted by atomic mass is 19.3. The van der Waals surface area contributed by atoms with E-state index in [1.165, 1.54) is 17.8 Å². The van der Waals surface area contributed by atoms with Crippen LogP contribution in [0.3, 0.4) is 0 Å². The van der Waals surface area contributed by atoms with Crippen LogP contribution in [0.4, 0.5) is 20.2 Å². The van der Waals surface area contributed by atoms with Gasteiger partial charge in [0.25, 0.3) is 5.92 Å². The van der Waals surface area contributed by atoms with E-state index >= 15 is 0 Å². The number of pyridine rings is 1. The second kappa shape index (κ2) is 10.2. The van der Waals surface area contributed by atoms with Gasteiger partial charge in [0, 0.05) is 60.5 Å². The average Bonchev–Trinajstić information content (AvgIpc) is 2.86. The number of anilines is 2. The third-order valence-corrected chi connectivity index (χ3v) is 6.90. The van der Waals surface area contributed by atoms with Gasteiger partial charge in [0.2, 0.25) is 0 Å². The van der Waals surface area contributed by atoms with Crippen molar-refractivity contribution in [3.05, 3.63) is 83.7 Å². The molecule has 5 rings (SSSR count). The minimum Gasteiger partial charge on any atom is -0.372 e. The number of morpholine rings is 1. The summed E-state index contributed by atoms with van der Waals surface area (Å²) in [5.74, 6) is -2.88. The summed E-state index contributed by atoms with van der Waals surface area (Å²) in [6.45, 7) is 9.78. The first-order valence-electron chi connectivity index (χ1n) is 12.7. The summed E-state index contributed by atoms with van der Waals surface area (Å²) in [6, 6.07) is 16.9. The second-order valence-electron chi connectivity index (χ2n) is 10.1. The van der Waals surface area contributed by atoms with E-state index in [1.54, 1.807) is 18.3 Å². The molecule has 3 heterocycles. The summed E-state index contributed by atoms with van der Waals surface area (Å²) in [5, 5.41) is 0. The summed E-state index contributed by atoms with van der Waals surface area (Å²) in [7, 11) is 0. The highest BCUT2D eigenvalue weighted by molar-refractivity contribution is 5.81. The Bertz CT molecular complexity index is 1260. The average molecular weight is 506 g/mol. The molecule has 2 aliphatic rings. The number of ether oxygens (including phenoxy) is 2. The van der Waals surface area contributed by atoms with E-state index in [1.807, 2.05) is 6.07 Å². The maximum absolute atomic E-state index is 13.7. The molecule has 1 saturated heterocycles. The number of allylic oxidation sites excluding steroid dienone is 1. The molecule has 0 spiro atoms. The quantitative estimate of drug-likeness (QED) is 0.389. The van der Waals surface area contributed by atoms with Gasteiger partial charge in [0.05, 0.1) is 24.5 Å². The fourth-order valence-corrected chi connectivity index (χ4v) is 5.18. The van der Waals surface area contributed by atoms with Crippen LogP contribution >= 0.6 is 0 Å². The highest BCUT2D eigenvalue weighted by Gasteiger charge is 2.25. The molecule has 0 saturated carbocycles. The molecule has 1 fully saturated rings. The van der Waals surface area contributed by atoms with Gasteiger partial charge in [-0.3, -0.25) is 4.98 Å². The van der Waals surface area contributed by atoms with Crippen LogP contribution in [-0.2, 0) is 22.0 Å². The molecule has 1 aromatic heterocycles. The number of alkyl halides is 2. The van der Waals surface area contributed by atoms with Crippen molar-refractivity contribution in [1.29, 1.82) is 0 Å². The lowest BCUT2D eigenvalue weighted by Gasteiger charge is -2.37. The van der Waals surface area contributed by atoms with E-state index in [-0.39, 0.29) is 17.8 Å². The summed E-state index contributed by atoms with van der Waals surface area (Å²) in [5.41, 5.74) is 6.77. The van der Waals surface area contributed by atoms with Crippen molar-refractivity contribution in [2.75, 3.05) is 29.6 Å². The number of benzene rings is 2. The minimum absolute atomic E-state index is 0.0127. The van der Waals surface area contributed by atoms with E-state index in [9.17, 15) is 8.78 Å². The number of aromatic nitrogens is 1. The Kier molecular flexibility index (Phi) is 7.01. The Morgan fingerprint density at radius 3 is 2.22 bits per heavy atom. The molecule has 0 radical (unpaired) electrons. The SMILES string of the molecule is C/C1=C/N(c2ccc(N3C[C@@H](C)O[C@@H](C)C3)cc2)COCc2ccnc(-c3ccc(C(C)(F)F)cc3)c21. The molecule has 0 bridgehead atoms. The fraction of sp³-hybridized carbons (Fsp3) is 0.367. The lowest BCUT2D eigenvalue weighted by Crippen LogP contribution is -2.45. The van der Waals surface area contributed by atoms with Crippen LogP contribution < -0.4 is 9.80 Å². The van der Waals surface area contributed by atoms with E-state index in [4.69, 9.17) is 9.47 Å². The molecule has 0 N–H and O–H groups in total. The maximum Gasteiger partial charge on any atom is 0.270 e.